The number of benzene rings is 2. The Hall–Kier alpha value is -3.32. The molecule has 0 unspecified atom stereocenters. The number of ether oxygens (including phenoxy) is 1. The van der Waals surface area contributed by atoms with Crippen LogP contribution in [0.2, 0.25) is 0 Å². The highest BCUT2D eigenvalue weighted by atomic mass is 16.5. The van der Waals surface area contributed by atoms with Crippen molar-refractivity contribution < 1.29 is 9.53 Å². The molecule has 2 aromatic rings. The minimum absolute atomic E-state index is 0.0209. The molecule has 0 atom stereocenters. The molecule has 0 saturated heterocycles. The number of hydrogen-bond acceptors (Lipinski definition) is 3. The fourth-order valence-corrected chi connectivity index (χ4v) is 2.03. The minimum atomic E-state index is -0.435. The summed E-state index contributed by atoms with van der Waals surface area (Å²) in [5.74, 6) is 0.181. The maximum Gasteiger partial charge on any atom is 0.262 e. The third-order valence-corrected chi connectivity index (χ3v) is 3.23. The smallest absolute Gasteiger partial charge is 0.262 e. The van der Waals surface area contributed by atoms with E-state index in [9.17, 15) is 10.1 Å². The van der Waals surface area contributed by atoms with Crippen LogP contribution in [0.3, 0.4) is 0 Å². The molecule has 0 aliphatic heterocycles. The number of nitrogens with one attached hydrogen (secondary N) is 1. The summed E-state index contributed by atoms with van der Waals surface area (Å²) in [4.78, 5) is 11.9. The lowest BCUT2D eigenvalue weighted by molar-refractivity contribution is -0.116. The Bertz CT molecular complexity index is 774. The summed E-state index contributed by atoms with van der Waals surface area (Å²) < 4.78 is 5.83. The number of hydrogen-bond donors (Lipinski definition) is 1. The zero-order valence-electron chi connectivity index (χ0n) is 13.2. The van der Waals surface area contributed by atoms with Crippen molar-refractivity contribution in [1.82, 2.24) is 5.32 Å². The minimum Gasteiger partial charge on any atom is -0.488 e. The molecule has 0 saturated carbocycles. The molecular weight excluding hydrogens is 300 g/mol. The molecular formula is C20H18N2O2. The number of amides is 1. The Morgan fingerprint density at radius 3 is 2.58 bits per heavy atom. The van der Waals surface area contributed by atoms with Crippen molar-refractivity contribution in [2.75, 3.05) is 6.54 Å². The highest BCUT2D eigenvalue weighted by molar-refractivity contribution is 6.02. The normalized spacial score (nSPS) is 10.5. The largest absolute Gasteiger partial charge is 0.488 e. The van der Waals surface area contributed by atoms with Crippen LogP contribution in [0.1, 0.15) is 11.1 Å². The number of nitrogens with zero attached hydrogens (tertiary/aromatic N) is 1. The lowest BCUT2D eigenvalue weighted by atomic mass is 10.1. The summed E-state index contributed by atoms with van der Waals surface area (Å²) in [5, 5.41) is 11.8. The van der Waals surface area contributed by atoms with E-state index in [0.717, 1.165) is 5.56 Å². The van der Waals surface area contributed by atoms with Crippen molar-refractivity contribution in [3.63, 3.8) is 0 Å². The summed E-state index contributed by atoms with van der Waals surface area (Å²) in [6, 6.07) is 19.0. The summed E-state index contributed by atoms with van der Waals surface area (Å²) in [6.07, 6.45) is 3.09. The Morgan fingerprint density at radius 1 is 1.17 bits per heavy atom. The van der Waals surface area contributed by atoms with Gasteiger partial charge in [-0.1, -0.05) is 54.6 Å². The van der Waals surface area contributed by atoms with E-state index in [1.807, 2.05) is 54.6 Å². The van der Waals surface area contributed by atoms with Gasteiger partial charge in [-0.3, -0.25) is 4.79 Å². The molecule has 2 rings (SSSR count). The maximum absolute atomic E-state index is 11.9. The number of carbonyl (C=O) groups excluding carboxylic acids is 1. The standard InChI is InChI=1S/C20H18N2O2/c1-2-12-22-20(23)18(14-21)13-17-10-6-7-11-19(17)24-15-16-8-4-3-5-9-16/h2-11,13H,1,12,15H2,(H,22,23)/b18-13+. The van der Waals surface area contributed by atoms with E-state index in [1.54, 1.807) is 12.1 Å². The number of nitriles is 1. The molecule has 120 valence electrons. The van der Waals surface area contributed by atoms with Gasteiger partial charge in [-0.2, -0.15) is 5.26 Å². The molecule has 24 heavy (non-hydrogen) atoms. The lowest BCUT2D eigenvalue weighted by Gasteiger charge is -2.09. The Balaban J connectivity index is 2.18. The Labute approximate surface area is 141 Å². The van der Waals surface area contributed by atoms with Crippen LogP contribution in [0, 0.1) is 11.3 Å². The molecule has 0 heterocycles. The van der Waals surface area contributed by atoms with E-state index >= 15 is 0 Å². The zero-order chi connectivity index (χ0) is 17.2. The molecule has 0 fully saturated rings. The van der Waals surface area contributed by atoms with Gasteiger partial charge in [-0.15, -0.1) is 6.58 Å². The van der Waals surface area contributed by atoms with Crippen molar-refractivity contribution in [2.45, 2.75) is 6.61 Å². The molecule has 0 aliphatic carbocycles. The summed E-state index contributed by atoms with van der Waals surface area (Å²) in [7, 11) is 0. The van der Waals surface area contributed by atoms with Crippen LogP contribution in [-0.2, 0) is 11.4 Å². The quantitative estimate of drug-likeness (QED) is 0.483. The number of para-hydroxylation sites is 1. The van der Waals surface area contributed by atoms with Gasteiger partial charge in [0.2, 0.25) is 0 Å². The van der Waals surface area contributed by atoms with Crippen molar-refractivity contribution in [1.29, 1.82) is 5.26 Å². The van der Waals surface area contributed by atoms with Gasteiger partial charge in [0.1, 0.15) is 24.0 Å². The van der Waals surface area contributed by atoms with E-state index in [1.165, 1.54) is 6.08 Å². The zero-order valence-corrected chi connectivity index (χ0v) is 13.2. The highest BCUT2D eigenvalue weighted by Crippen LogP contribution is 2.22. The third-order valence-electron chi connectivity index (χ3n) is 3.23. The third kappa shape index (κ3) is 4.85. The molecule has 4 heteroatoms. The average molecular weight is 318 g/mol. The molecule has 0 radical (unpaired) electrons. The Morgan fingerprint density at radius 2 is 1.88 bits per heavy atom. The molecule has 0 aromatic heterocycles. The van der Waals surface area contributed by atoms with Crippen LogP contribution < -0.4 is 10.1 Å². The first-order valence-electron chi connectivity index (χ1n) is 7.51. The summed E-state index contributed by atoms with van der Waals surface area (Å²) in [5.41, 5.74) is 1.74. The van der Waals surface area contributed by atoms with E-state index < -0.39 is 5.91 Å². The molecule has 1 amide bonds. The molecule has 4 nitrogen and oxygen atoms in total. The molecule has 0 aliphatic rings. The van der Waals surface area contributed by atoms with Crippen molar-refractivity contribution >= 4 is 12.0 Å². The van der Waals surface area contributed by atoms with Gasteiger partial charge in [0.15, 0.2) is 0 Å². The van der Waals surface area contributed by atoms with Crippen LogP contribution in [-0.4, -0.2) is 12.5 Å². The van der Waals surface area contributed by atoms with Gasteiger partial charge >= 0.3 is 0 Å². The highest BCUT2D eigenvalue weighted by Gasteiger charge is 2.10. The van der Waals surface area contributed by atoms with Gasteiger partial charge in [0, 0.05) is 12.1 Å². The van der Waals surface area contributed by atoms with E-state index in [-0.39, 0.29) is 5.57 Å². The van der Waals surface area contributed by atoms with E-state index in [2.05, 4.69) is 11.9 Å². The van der Waals surface area contributed by atoms with Gasteiger partial charge in [-0.25, -0.2) is 0 Å². The fraction of sp³-hybridized carbons (Fsp3) is 0.100. The first kappa shape index (κ1) is 17.0. The van der Waals surface area contributed by atoms with Crippen molar-refractivity contribution in [2.24, 2.45) is 0 Å². The van der Waals surface area contributed by atoms with Crippen LogP contribution in [0.4, 0.5) is 0 Å². The van der Waals surface area contributed by atoms with Gasteiger partial charge in [0.05, 0.1) is 0 Å². The fourth-order valence-electron chi connectivity index (χ4n) is 2.03. The van der Waals surface area contributed by atoms with Crippen LogP contribution in [0.25, 0.3) is 6.08 Å². The lowest BCUT2D eigenvalue weighted by Crippen LogP contribution is -2.24. The predicted octanol–water partition coefficient (Wildman–Crippen LogP) is 3.47. The maximum atomic E-state index is 11.9. The monoisotopic (exact) mass is 318 g/mol. The second kappa shape index (κ2) is 8.96. The summed E-state index contributed by atoms with van der Waals surface area (Å²) >= 11 is 0. The van der Waals surface area contributed by atoms with E-state index in [4.69, 9.17) is 4.74 Å². The van der Waals surface area contributed by atoms with Crippen molar-refractivity contribution in [3.05, 3.63) is 84.0 Å². The SMILES string of the molecule is C=CCNC(=O)/C(C#N)=C/c1ccccc1OCc1ccccc1. The van der Waals surface area contributed by atoms with Gasteiger partial charge in [0.25, 0.3) is 5.91 Å². The average Bonchev–Trinajstić information content (AvgIpc) is 2.64. The second-order valence-corrected chi connectivity index (χ2v) is 4.98. The summed E-state index contributed by atoms with van der Waals surface area (Å²) in [6.45, 7) is 4.25. The molecule has 1 N–H and O–H groups in total. The first-order valence-corrected chi connectivity index (χ1v) is 7.51. The van der Waals surface area contributed by atoms with Crippen LogP contribution in [0.15, 0.2) is 72.8 Å². The second-order valence-electron chi connectivity index (χ2n) is 4.98. The Kier molecular flexibility index (Phi) is 6.36. The van der Waals surface area contributed by atoms with Gasteiger partial charge < -0.3 is 10.1 Å². The predicted molar refractivity (Wildman–Crippen MR) is 94.0 cm³/mol. The number of rotatable bonds is 7. The molecule has 0 spiro atoms. The topological polar surface area (TPSA) is 62.1 Å². The van der Waals surface area contributed by atoms with Gasteiger partial charge in [-0.05, 0) is 17.7 Å². The van der Waals surface area contributed by atoms with Crippen LogP contribution in [0.5, 0.6) is 5.75 Å². The molecule has 2 aromatic carbocycles. The van der Waals surface area contributed by atoms with E-state index in [0.29, 0.717) is 24.5 Å². The number of carbonyl (C=O) groups is 1. The first-order chi connectivity index (χ1) is 11.7. The molecule has 0 bridgehead atoms. The van der Waals surface area contributed by atoms with Crippen molar-refractivity contribution in [3.8, 4) is 11.8 Å². The van der Waals surface area contributed by atoms with Crippen LogP contribution >= 0.6 is 0 Å².